The molecule has 6 nitrogen and oxygen atoms in total. The van der Waals surface area contributed by atoms with Crippen LogP contribution in [-0.4, -0.2) is 52.0 Å². The predicted molar refractivity (Wildman–Crippen MR) is 163 cm³/mol. The largest absolute Gasteiger partial charge is 0.490 e. The van der Waals surface area contributed by atoms with E-state index in [2.05, 4.69) is 82.5 Å². The number of halogens is 2. The van der Waals surface area contributed by atoms with Gasteiger partial charge in [0.15, 0.2) is 8.32 Å². The second-order valence-electron chi connectivity index (χ2n) is 12.0. The maximum absolute atomic E-state index is 13.5. The fraction of sp³-hybridized carbons (Fsp3) is 0.643. The molecule has 0 fully saturated rings. The van der Waals surface area contributed by atoms with Gasteiger partial charge in [-0.1, -0.05) is 59.2 Å². The van der Waals surface area contributed by atoms with E-state index in [1.54, 1.807) is 25.1 Å². The molecule has 0 amide bonds. The number of nitrogens with one attached hydrogen (secondary N) is 1. The van der Waals surface area contributed by atoms with Crippen LogP contribution in [0.4, 0.5) is 0 Å². The van der Waals surface area contributed by atoms with Crippen LogP contribution in [0.1, 0.15) is 72.7 Å². The average molecular weight is 666 g/mol. The van der Waals surface area contributed by atoms with Crippen molar-refractivity contribution in [1.29, 1.82) is 0 Å². The fourth-order valence-corrected chi connectivity index (χ4v) is 4.95. The first-order valence-corrected chi connectivity index (χ1v) is 17.1. The average Bonchev–Trinajstić information content (AvgIpc) is 2.73. The molecule has 210 valence electrons. The third-order valence-corrected chi connectivity index (χ3v) is 12.2. The summed E-state index contributed by atoms with van der Waals surface area (Å²) < 4.78 is 18.2. The molecule has 37 heavy (non-hydrogen) atoms. The van der Waals surface area contributed by atoms with Gasteiger partial charge in [0, 0.05) is 30.8 Å². The van der Waals surface area contributed by atoms with Gasteiger partial charge < -0.3 is 19.2 Å². The predicted octanol–water partition coefficient (Wildman–Crippen LogP) is 7.43. The molecule has 0 spiro atoms. The van der Waals surface area contributed by atoms with Crippen LogP contribution >= 0.6 is 34.2 Å². The summed E-state index contributed by atoms with van der Waals surface area (Å²) in [7, 11) is -1.93. The highest BCUT2D eigenvalue weighted by molar-refractivity contribution is 14.1. The minimum atomic E-state index is -1.93. The Morgan fingerprint density at radius 3 is 2.22 bits per heavy atom. The van der Waals surface area contributed by atoms with E-state index in [-0.39, 0.29) is 45.4 Å². The first kappa shape index (κ1) is 34.1. The zero-order chi connectivity index (χ0) is 28.8. The molecule has 1 rings (SSSR count). The first-order chi connectivity index (χ1) is 16.8. The van der Waals surface area contributed by atoms with Gasteiger partial charge in [-0.15, -0.1) is 0 Å². The molecular weight excluding hydrogens is 621 g/mol. The first-order valence-electron chi connectivity index (χ1n) is 12.8. The van der Waals surface area contributed by atoms with Crippen LogP contribution in [0.15, 0.2) is 23.8 Å². The SMILES string of the molecule is CCOC(=O)/C(=C\CNC(CO[Si](C)(C)C(C)(C)C)C(C)(C)C)C(=O)c1cc(I)c(OC(C)C)cc1Cl. The van der Waals surface area contributed by atoms with Gasteiger partial charge in [0.2, 0.25) is 5.78 Å². The molecule has 0 saturated carbocycles. The van der Waals surface area contributed by atoms with Gasteiger partial charge in [-0.25, -0.2) is 4.79 Å². The van der Waals surface area contributed by atoms with Crippen LogP contribution in [0.2, 0.25) is 23.2 Å². The number of benzene rings is 1. The molecule has 0 radical (unpaired) electrons. The van der Waals surface area contributed by atoms with E-state index in [1.165, 1.54) is 0 Å². The topological polar surface area (TPSA) is 73.9 Å². The van der Waals surface area contributed by atoms with Gasteiger partial charge in [-0.05, 0) is 73.0 Å². The summed E-state index contributed by atoms with van der Waals surface area (Å²) in [5.74, 6) is -0.563. The third-order valence-electron chi connectivity index (χ3n) is 6.50. The van der Waals surface area contributed by atoms with Crippen molar-refractivity contribution in [3.05, 3.63) is 37.9 Å². The molecule has 1 unspecified atom stereocenters. The molecule has 0 bridgehead atoms. The lowest BCUT2D eigenvalue weighted by molar-refractivity contribution is -0.138. The van der Waals surface area contributed by atoms with Crippen molar-refractivity contribution in [3.8, 4) is 5.75 Å². The van der Waals surface area contributed by atoms with Crippen molar-refractivity contribution >= 4 is 54.3 Å². The molecule has 0 aromatic heterocycles. The number of ketones is 1. The van der Waals surface area contributed by atoms with Gasteiger partial charge in [0.1, 0.15) is 11.3 Å². The number of carbonyl (C=O) groups excluding carboxylic acids is 2. The van der Waals surface area contributed by atoms with Gasteiger partial charge in [0.25, 0.3) is 0 Å². The second kappa shape index (κ2) is 13.9. The molecule has 0 heterocycles. The van der Waals surface area contributed by atoms with Crippen LogP contribution in [0.25, 0.3) is 0 Å². The third kappa shape index (κ3) is 10.3. The summed E-state index contributed by atoms with van der Waals surface area (Å²) in [6, 6.07) is 3.27. The van der Waals surface area contributed by atoms with Gasteiger partial charge in [0.05, 0.1) is 21.3 Å². The van der Waals surface area contributed by atoms with Gasteiger partial charge in [-0.2, -0.15) is 0 Å². The molecule has 0 saturated heterocycles. The van der Waals surface area contributed by atoms with Crippen molar-refractivity contribution in [2.75, 3.05) is 19.8 Å². The van der Waals surface area contributed by atoms with Crippen molar-refractivity contribution in [1.82, 2.24) is 5.32 Å². The maximum Gasteiger partial charge on any atom is 0.341 e. The summed E-state index contributed by atoms with van der Waals surface area (Å²) in [4.78, 5) is 26.2. The number of esters is 1. The minimum absolute atomic E-state index is 0.00780. The smallest absolute Gasteiger partial charge is 0.341 e. The minimum Gasteiger partial charge on any atom is -0.490 e. The monoisotopic (exact) mass is 665 g/mol. The van der Waals surface area contributed by atoms with Crippen LogP contribution in [0.3, 0.4) is 0 Å². The molecule has 0 aliphatic carbocycles. The maximum atomic E-state index is 13.5. The highest BCUT2D eigenvalue weighted by Crippen LogP contribution is 2.37. The van der Waals surface area contributed by atoms with Crippen molar-refractivity contribution in [3.63, 3.8) is 0 Å². The molecule has 1 aromatic rings. The Morgan fingerprint density at radius 1 is 1.14 bits per heavy atom. The van der Waals surface area contributed by atoms with Crippen LogP contribution in [0.5, 0.6) is 5.75 Å². The van der Waals surface area contributed by atoms with Crippen LogP contribution < -0.4 is 10.1 Å². The number of hydrogen-bond acceptors (Lipinski definition) is 6. The Morgan fingerprint density at radius 2 is 1.73 bits per heavy atom. The number of carbonyl (C=O) groups is 2. The number of hydrogen-bond donors (Lipinski definition) is 1. The lowest BCUT2D eigenvalue weighted by Crippen LogP contribution is -2.49. The fourth-order valence-electron chi connectivity index (χ4n) is 3.10. The van der Waals surface area contributed by atoms with Gasteiger partial charge >= 0.3 is 5.97 Å². The Bertz CT molecular complexity index is 980. The Balaban J connectivity index is 3.22. The zero-order valence-electron chi connectivity index (χ0n) is 24.3. The lowest BCUT2D eigenvalue weighted by atomic mass is 9.87. The highest BCUT2D eigenvalue weighted by Gasteiger charge is 2.38. The van der Waals surface area contributed by atoms with E-state index in [0.717, 1.165) is 3.57 Å². The van der Waals surface area contributed by atoms with Crippen molar-refractivity contribution in [2.45, 2.75) is 92.6 Å². The summed E-state index contributed by atoms with van der Waals surface area (Å²) in [6.45, 7) is 24.1. The molecule has 1 N–H and O–H groups in total. The Kier molecular flexibility index (Phi) is 12.8. The zero-order valence-corrected chi connectivity index (χ0v) is 28.2. The van der Waals surface area contributed by atoms with Gasteiger partial charge in [-0.3, -0.25) is 4.79 Å². The molecular formula is C28H45ClINO5Si. The summed E-state index contributed by atoms with van der Waals surface area (Å²) in [5.41, 5.74) is 0.0772. The number of rotatable bonds is 12. The molecule has 0 aliphatic rings. The van der Waals surface area contributed by atoms with E-state index in [1.807, 2.05) is 13.8 Å². The van der Waals surface area contributed by atoms with E-state index >= 15 is 0 Å². The lowest BCUT2D eigenvalue weighted by Gasteiger charge is -2.40. The summed E-state index contributed by atoms with van der Waals surface area (Å²) >= 11 is 8.56. The number of ether oxygens (including phenoxy) is 2. The highest BCUT2D eigenvalue weighted by atomic mass is 127. The quantitative estimate of drug-likeness (QED) is 0.0476. The summed E-state index contributed by atoms with van der Waals surface area (Å²) in [5, 5.41) is 3.80. The van der Waals surface area contributed by atoms with E-state index in [9.17, 15) is 9.59 Å². The second-order valence-corrected chi connectivity index (χ2v) is 18.4. The Hall–Kier alpha value is -0.943. The standard InChI is InChI=1S/C28H45ClINO5Si/c1-12-34-26(33)19(25(32)20-15-22(30)23(16-21(20)29)36-18(2)3)13-14-31-24(27(4,5)6)17-35-37(10,11)28(7,8)9/h13,15-16,18,24,31H,12,14,17H2,1-11H3/b19-13-. The number of Topliss-reactive ketones (excluding diaryl/α,β-unsaturated/α-hetero) is 1. The van der Waals surface area contributed by atoms with Crippen LogP contribution in [0, 0.1) is 8.99 Å². The van der Waals surface area contributed by atoms with Crippen LogP contribution in [-0.2, 0) is 14.0 Å². The molecule has 9 heteroatoms. The van der Waals surface area contributed by atoms with E-state index in [0.29, 0.717) is 18.9 Å². The molecule has 1 atom stereocenters. The summed E-state index contributed by atoms with van der Waals surface area (Å²) in [6.07, 6.45) is 1.55. The van der Waals surface area contributed by atoms with E-state index in [4.69, 9.17) is 25.5 Å². The normalized spacial score (nSPS) is 14.1. The Labute approximate surface area is 243 Å². The molecule has 0 aliphatic heterocycles. The van der Waals surface area contributed by atoms with E-state index < -0.39 is 20.1 Å². The van der Waals surface area contributed by atoms with Crippen molar-refractivity contribution in [2.24, 2.45) is 5.41 Å². The van der Waals surface area contributed by atoms with Crippen molar-refractivity contribution < 1.29 is 23.5 Å². The molecule has 1 aromatic carbocycles.